The van der Waals surface area contributed by atoms with Crippen LogP contribution in [0.25, 0.3) is 10.9 Å². The standard InChI is InChI=1S/C24H24FN3O5/c1-26-21-10-15(16-5-3-4-6-19(16)27-21)13-33-20-8-7-14(9-18(20)25)11-24(23(30)32-2)12-17(24)22(29)28-31/h3-10,17,31H,11-13H2,1-2H3,(H,26,27)(H,28,29). The second-order valence-corrected chi connectivity index (χ2v) is 8.04. The van der Waals surface area contributed by atoms with Gasteiger partial charge in [-0.2, -0.15) is 0 Å². The zero-order valence-electron chi connectivity index (χ0n) is 18.2. The van der Waals surface area contributed by atoms with Crippen molar-refractivity contribution >= 4 is 28.6 Å². The number of hydrogen-bond donors (Lipinski definition) is 3. The molecule has 3 aromatic rings. The number of carbonyl (C=O) groups is 2. The zero-order chi connectivity index (χ0) is 23.6. The molecule has 33 heavy (non-hydrogen) atoms. The van der Waals surface area contributed by atoms with Crippen molar-refractivity contribution in [3.63, 3.8) is 0 Å². The van der Waals surface area contributed by atoms with Gasteiger partial charge in [0.15, 0.2) is 11.6 Å². The number of carbonyl (C=O) groups excluding carboxylic acids is 2. The van der Waals surface area contributed by atoms with Gasteiger partial charge < -0.3 is 14.8 Å². The molecule has 0 bridgehead atoms. The Bertz CT molecular complexity index is 1220. The lowest BCUT2D eigenvalue weighted by molar-refractivity contribution is -0.149. The quantitative estimate of drug-likeness (QED) is 0.273. The molecule has 1 heterocycles. The summed E-state index contributed by atoms with van der Waals surface area (Å²) >= 11 is 0. The molecule has 2 atom stereocenters. The van der Waals surface area contributed by atoms with Crippen LogP contribution in [-0.4, -0.2) is 36.2 Å². The number of amides is 1. The van der Waals surface area contributed by atoms with Gasteiger partial charge in [0.05, 0.1) is 24.0 Å². The van der Waals surface area contributed by atoms with Gasteiger partial charge in [-0.05, 0) is 42.7 Å². The average Bonchev–Trinajstić information content (AvgIpc) is 3.57. The van der Waals surface area contributed by atoms with E-state index in [1.807, 2.05) is 30.3 Å². The molecular weight excluding hydrogens is 429 g/mol. The molecule has 0 spiro atoms. The SMILES string of the molecule is CNc1cc(COc2ccc(CC3(C(=O)OC)CC3C(=O)NO)cc2F)c2ccccc2n1. The summed E-state index contributed by atoms with van der Waals surface area (Å²) in [5.41, 5.74) is 2.63. The van der Waals surface area contributed by atoms with Crippen LogP contribution in [0.3, 0.4) is 0 Å². The molecule has 4 rings (SSSR count). The molecule has 2 unspecified atom stereocenters. The van der Waals surface area contributed by atoms with E-state index in [2.05, 4.69) is 10.3 Å². The zero-order valence-corrected chi connectivity index (χ0v) is 18.2. The smallest absolute Gasteiger partial charge is 0.312 e. The van der Waals surface area contributed by atoms with E-state index in [0.29, 0.717) is 11.4 Å². The first kappa shape index (κ1) is 22.5. The summed E-state index contributed by atoms with van der Waals surface area (Å²) in [6, 6.07) is 13.9. The Morgan fingerprint density at radius 1 is 1.24 bits per heavy atom. The molecule has 172 valence electrons. The van der Waals surface area contributed by atoms with Crippen molar-refractivity contribution in [1.82, 2.24) is 10.5 Å². The molecular formula is C24H24FN3O5. The van der Waals surface area contributed by atoms with Crippen LogP contribution < -0.4 is 15.5 Å². The second-order valence-electron chi connectivity index (χ2n) is 8.04. The van der Waals surface area contributed by atoms with Gasteiger partial charge in [-0.25, -0.2) is 14.9 Å². The highest BCUT2D eigenvalue weighted by atomic mass is 19.1. The largest absolute Gasteiger partial charge is 0.486 e. The van der Waals surface area contributed by atoms with E-state index in [0.717, 1.165) is 16.5 Å². The number of methoxy groups -OCH3 is 1. The molecule has 8 nitrogen and oxygen atoms in total. The number of hydrogen-bond acceptors (Lipinski definition) is 7. The van der Waals surface area contributed by atoms with Crippen LogP contribution >= 0.6 is 0 Å². The van der Waals surface area contributed by atoms with Crippen molar-refractivity contribution in [1.29, 1.82) is 0 Å². The highest BCUT2D eigenvalue weighted by Crippen LogP contribution is 2.55. The number of nitrogens with one attached hydrogen (secondary N) is 2. The van der Waals surface area contributed by atoms with Crippen LogP contribution in [0.1, 0.15) is 17.5 Å². The van der Waals surface area contributed by atoms with E-state index in [1.165, 1.54) is 19.2 Å². The van der Waals surface area contributed by atoms with Gasteiger partial charge in [-0.15, -0.1) is 0 Å². The van der Waals surface area contributed by atoms with Gasteiger partial charge >= 0.3 is 5.97 Å². The lowest BCUT2D eigenvalue weighted by Crippen LogP contribution is -2.30. The maximum atomic E-state index is 14.8. The van der Waals surface area contributed by atoms with Gasteiger partial charge in [0.1, 0.15) is 12.4 Å². The minimum absolute atomic E-state index is 0.0678. The molecule has 9 heteroatoms. The normalized spacial score (nSPS) is 19.1. The predicted molar refractivity (Wildman–Crippen MR) is 118 cm³/mol. The van der Waals surface area contributed by atoms with Gasteiger partial charge in [0, 0.05) is 18.0 Å². The number of rotatable bonds is 8. The number of aromatic nitrogens is 1. The molecule has 1 fully saturated rings. The summed E-state index contributed by atoms with van der Waals surface area (Å²) in [4.78, 5) is 28.6. The Hall–Kier alpha value is -3.72. The molecule has 1 aliphatic carbocycles. The van der Waals surface area contributed by atoms with Crippen molar-refractivity contribution in [2.24, 2.45) is 11.3 Å². The molecule has 1 saturated carbocycles. The first-order valence-electron chi connectivity index (χ1n) is 10.4. The third-order valence-electron chi connectivity index (χ3n) is 6.05. The van der Waals surface area contributed by atoms with Crippen LogP contribution in [-0.2, 0) is 27.4 Å². The average molecular weight is 453 g/mol. The van der Waals surface area contributed by atoms with Crippen LogP contribution in [0.15, 0.2) is 48.5 Å². The van der Waals surface area contributed by atoms with E-state index >= 15 is 0 Å². The Balaban J connectivity index is 1.52. The highest BCUT2D eigenvalue weighted by molar-refractivity contribution is 5.93. The molecule has 3 N–H and O–H groups in total. The number of benzene rings is 2. The fraction of sp³-hybridized carbons (Fsp3) is 0.292. The number of fused-ring (bicyclic) bond motifs is 1. The van der Waals surface area contributed by atoms with Crippen molar-refractivity contribution in [3.8, 4) is 5.75 Å². The fourth-order valence-corrected chi connectivity index (χ4v) is 4.21. The molecule has 0 aliphatic heterocycles. The van der Waals surface area contributed by atoms with E-state index in [9.17, 15) is 14.0 Å². The number of ether oxygens (including phenoxy) is 2. The number of anilines is 1. The van der Waals surface area contributed by atoms with E-state index in [4.69, 9.17) is 14.7 Å². The molecule has 0 saturated heterocycles. The highest BCUT2D eigenvalue weighted by Gasteiger charge is 2.64. The molecule has 1 amide bonds. The maximum absolute atomic E-state index is 14.8. The number of esters is 1. The topological polar surface area (TPSA) is 110 Å². The Labute approximate surface area is 189 Å². The lowest BCUT2D eigenvalue weighted by Gasteiger charge is -2.16. The minimum Gasteiger partial charge on any atom is -0.486 e. The van der Waals surface area contributed by atoms with E-state index < -0.39 is 29.0 Å². The summed E-state index contributed by atoms with van der Waals surface area (Å²) in [6.45, 7) is 0.138. The summed E-state index contributed by atoms with van der Waals surface area (Å²) < 4.78 is 25.4. The van der Waals surface area contributed by atoms with Gasteiger partial charge in [0.2, 0.25) is 5.91 Å². The van der Waals surface area contributed by atoms with Crippen LogP contribution in [0.2, 0.25) is 0 Å². The Morgan fingerprint density at radius 2 is 2.03 bits per heavy atom. The first-order valence-corrected chi connectivity index (χ1v) is 10.4. The van der Waals surface area contributed by atoms with Crippen LogP contribution in [0, 0.1) is 17.2 Å². The van der Waals surface area contributed by atoms with Crippen LogP contribution in [0.4, 0.5) is 10.2 Å². The number of pyridine rings is 1. The molecule has 1 aromatic heterocycles. The van der Waals surface area contributed by atoms with Crippen molar-refractivity contribution in [2.45, 2.75) is 19.4 Å². The van der Waals surface area contributed by atoms with Crippen molar-refractivity contribution in [3.05, 3.63) is 65.5 Å². The number of hydroxylamine groups is 1. The van der Waals surface area contributed by atoms with Gasteiger partial charge in [-0.3, -0.25) is 14.8 Å². The first-order chi connectivity index (χ1) is 15.9. The third kappa shape index (κ3) is 4.31. The third-order valence-corrected chi connectivity index (χ3v) is 6.05. The van der Waals surface area contributed by atoms with Gasteiger partial charge in [-0.1, -0.05) is 24.3 Å². The van der Waals surface area contributed by atoms with Crippen molar-refractivity contribution < 1.29 is 28.7 Å². The Morgan fingerprint density at radius 3 is 2.73 bits per heavy atom. The fourth-order valence-electron chi connectivity index (χ4n) is 4.21. The minimum atomic E-state index is -1.12. The van der Waals surface area contributed by atoms with Crippen LogP contribution in [0.5, 0.6) is 5.75 Å². The lowest BCUT2D eigenvalue weighted by atomic mass is 9.93. The second kappa shape index (κ2) is 9.03. The number of para-hydroxylation sites is 1. The Kier molecular flexibility index (Phi) is 6.15. The van der Waals surface area contributed by atoms with Gasteiger partial charge in [0.25, 0.3) is 0 Å². The monoisotopic (exact) mass is 453 g/mol. The number of nitrogens with zero attached hydrogens (tertiary/aromatic N) is 1. The molecule has 1 aliphatic rings. The summed E-state index contributed by atoms with van der Waals surface area (Å²) in [7, 11) is 3.01. The number of halogens is 1. The van der Waals surface area contributed by atoms with E-state index in [-0.39, 0.29) is 25.2 Å². The maximum Gasteiger partial charge on any atom is 0.312 e. The summed E-state index contributed by atoms with van der Waals surface area (Å²) in [5.74, 6) is -1.78. The molecule has 2 aromatic carbocycles. The van der Waals surface area contributed by atoms with Crippen molar-refractivity contribution in [2.75, 3.05) is 19.5 Å². The van der Waals surface area contributed by atoms with E-state index in [1.54, 1.807) is 18.6 Å². The predicted octanol–water partition coefficient (Wildman–Crippen LogP) is 3.22. The molecule has 0 radical (unpaired) electrons. The summed E-state index contributed by atoms with van der Waals surface area (Å²) in [5, 5.41) is 12.8. The summed E-state index contributed by atoms with van der Waals surface area (Å²) in [6.07, 6.45) is 0.324.